The number of carboxylic acid groups (broad SMARTS) is 1. The smallest absolute Gasteiger partial charge is 0.337 e. The molecule has 132 valence electrons. The van der Waals surface area contributed by atoms with Crippen LogP contribution in [0.25, 0.3) is 5.69 Å². The van der Waals surface area contributed by atoms with Gasteiger partial charge in [-0.25, -0.2) is 4.79 Å². The minimum atomic E-state index is -1.05. The highest BCUT2D eigenvalue weighted by atomic mass is 79.9. The molecule has 0 atom stereocenters. The van der Waals surface area contributed by atoms with Crippen molar-refractivity contribution in [3.8, 4) is 5.69 Å². The Hall–Kier alpha value is -2.37. The Labute approximate surface area is 164 Å². The molecule has 1 N–H and O–H groups in total. The first-order chi connectivity index (χ1) is 12.4. The number of halogens is 2. The van der Waals surface area contributed by atoms with Crippen molar-refractivity contribution in [2.24, 2.45) is 4.99 Å². The van der Waals surface area contributed by atoms with E-state index in [1.54, 1.807) is 12.1 Å². The molecule has 0 radical (unpaired) electrons. The fourth-order valence-electron chi connectivity index (χ4n) is 2.83. The number of para-hydroxylation sites is 1. The Morgan fingerprint density at radius 3 is 2.62 bits per heavy atom. The number of nitrogens with zero attached hydrogens (tertiary/aromatic N) is 2. The summed E-state index contributed by atoms with van der Waals surface area (Å²) < 4.78 is 2.92. The second-order valence-corrected chi connectivity index (χ2v) is 7.10. The van der Waals surface area contributed by atoms with Crippen LogP contribution >= 0.6 is 27.5 Å². The molecule has 3 rings (SSSR count). The van der Waals surface area contributed by atoms with Gasteiger partial charge >= 0.3 is 5.97 Å². The van der Waals surface area contributed by atoms with Crippen molar-refractivity contribution >= 4 is 45.4 Å². The van der Waals surface area contributed by atoms with Crippen LogP contribution in [0.2, 0.25) is 5.02 Å². The van der Waals surface area contributed by atoms with Gasteiger partial charge < -0.3 is 9.67 Å². The fraction of sp³-hybridized carbons (Fsp3) is 0.100. The summed E-state index contributed by atoms with van der Waals surface area (Å²) in [6.07, 6.45) is 1.81. The molecule has 26 heavy (non-hydrogen) atoms. The second-order valence-electron chi connectivity index (χ2n) is 5.84. The van der Waals surface area contributed by atoms with Crippen molar-refractivity contribution in [3.05, 3.63) is 80.5 Å². The van der Waals surface area contributed by atoms with Gasteiger partial charge in [-0.1, -0.05) is 23.7 Å². The molecule has 0 unspecified atom stereocenters. The summed E-state index contributed by atoms with van der Waals surface area (Å²) in [5.74, 6) is -1.05. The van der Waals surface area contributed by atoms with Gasteiger partial charge in [-0.15, -0.1) is 0 Å². The number of hydrogen-bond donors (Lipinski definition) is 1. The first-order valence-electron chi connectivity index (χ1n) is 7.89. The Kier molecular flexibility index (Phi) is 5.30. The van der Waals surface area contributed by atoms with Crippen molar-refractivity contribution in [2.75, 3.05) is 0 Å². The third-order valence-electron chi connectivity index (χ3n) is 4.10. The van der Waals surface area contributed by atoms with E-state index in [9.17, 15) is 9.90 Å². The van der Waals surface area contributed by atoms with E-state index >= 15 is 0 Å². The molecule has 0 aliphatic heterocycles. The maximum absolute atomic E-state index is 11.4. The van der Waals surface area contributed by atoms with Crippen LogP contribution in [0.3, 0.4) is 0 Å². The van der Waals surface area contributed by atoms with Gasteiger partial charge in [0.05, 0.1) is 16.3 Å². The lowest BCUT2D eigenvalue weighted by Crippen LogP contribution is -2.03. The summed E-state index contributed by atoms with van der Waals surface area (Å²) in [7, 11) is 0. The molecule has 0 saturated heterocycles. The van der Waals surface area contributed by atoms with E-state index in [1.165, 1.54) is 0 Å². The highest BCUT2D eigenvalue weighted by Gasteiger charge is 2.14. The molecular formula is C20H16BrClN2O2. The molecule has 0 bridgehead atoms. The van der Waals surface area contributed by atoms with E-state index in [4.69, 9.17) is 11.6 Å². The Balaban J connectivity index is 2.03. The summed E-state index contributed by atoms with van der Waals surface area (Å²) in [5, 5.41) is 9.52. The van der Waals surface area contributed by atoms with E-state index in [-0.39, 0.29) is 10.6 Å². The minimum Gasteiger partial charge on any atom is -0.478 e. The van der Waals surface area contributed by atoms with Crippen molar-refractivity contribution in [3.63, 3.8) is 0 Å². The maximum atomic E-state index is 11.4. The van der Waals surface area contributed by atoms with Gasteiger partial charge in [0, 0.05) is 33.3 Å². The van der Waals surface area contributed by atoms with Crippen LogP contribution < -0.4 is 0 Å². The van der Waals surface area contributed by atoms with Gasteiger partial charge in [-0.2, -0.15) is 0 Å². The zero-order valence-corrected chi connectivity index (χ0v) is 16.5. The summed E-state index contributed by atoms with van der Waals surface area (Å²) in [4.78, 5) is 15.9. The number of aromatic carboxylic acids is 1. The predicted octanol–water partition coefficient (Wildman–Crippen LogP) is 5.96. The molecule has 0 amide bonds. The fourth-order valence-corrected chi connectivity index (χ4v) is 3.41. The quantitative estimate of drug-likeness (QED) is 0.518. The van der Waals surface area contributed by atoms with E-state index in [0.29, 0.717) is 0 Å². The summed E-state index contributed by atoms with van der Waals surface area (Å²) in [6.45, 7) is 3.95. The molecule has 4 nitrogen and oxygen atoms in total. The van der Waals surface area contributed by atoms with Crippen molar-refractivity contribution < 1.29 is 9.90 Å². The van der Waals surface area contributed by atoms with Gasteiger partial charge in [-0.3, -0.25) is 4.99 Å². The SMILES string of the molecule is Cc1cc(C=Nc2ccccc2Br)c(C)n1-c1ccc(Cl)c(C(=O)O)c1. The van der Waals surface area contributed by atoms with Crippen LogP contribution in [-0.2, 0) is 0 Å². The number of rotatable bonds is 4. The van der Waals surface area contributed by atoms with Crippen molar-refractivity contribution in [2.45, 2.75) is 13.8 Å². The van der Waals surface area contributed by atoms with E-state index < -0.39 is 5.97 Å². The maximum Gasteiger partial charge on any atom is 0.337 e. The third-order valence-corrected chi connectivity index (χ3v) is 5.10. The van der Waals surface area contributed by atoms with E-state index in [2.05, 4.69) is 20.9 Å². The van der Waals surface area contributed by atoms with Crippen molar-refractivity contribution in [1.29, 1.82) is 0 Å². The van der Waals surface area contributed by atoms with Crippen LogP contribution in [0.5, 0.6) is 0 Å². The van der Waals surface area contributed by atoms with Crippen LogP contribution in [0, 0.1) is 13.8 Å². The number of hydrogen-bond acceptors (Lipinski definition) is 2. The lowest BCUT2D eigenvalue weighted by atomic mass is 10.2. The summed E-state index contributed by atoms with van der Waals surface area (Å²) >= 11 is 9.47. The molecule has 0 spiro atoms. The lowest BCUT2D eigenvalue weighted by molar-refractivity contribution is 0.0697. The van der Waals surface area contributed by atoms with Crippen molar-refractivity contribution in [1.82, 2.24) is 4.57 Å². The first-order valence-corrected chi connectivity index (χ1v) is 9.06. The molecule has 0 aliphatic carbocycles. The average molecular weight is 432 g/mol. The summed E-state index contributed by atoms with van der Waals surface area (Å²) in [6, 6.07) is 14.8. The Morgan fingerprint density at radius 1 is 1.19 bits per heavy atom. The van der Waals surface area contributed by atoms with Crippen LogP contribution in [0.4, 0.5) is 5.69 Å². The highest BCUT2D eigenvalue weighted by Crippen LogP contribution is 2.27. The molecule has 1 heterocycles. The normalized spacial score (nSPS) is 11.2. The third kappa shape index (κ3) is 3.59. The molecular weight excluding hydrogens is 416 g/mol. The minimum absolute atomic E-state index is 0.0834. The first kappa shape index (κ1) is 18.4. The van der Waals surface area contributed by atoms with E-state index in [0.717, 1.165) is 32.8 Å². The average Bonchev–Trinajstić information content (AvgIpc) is 2.88. The lowest BCUT2D eigenvalue weighted by Gasteiger charge is -2.11. The van der Waals surface area contributed by atoms with Gasteiger partial charge in [0.15, 0.2) is 0 Å². The van der Waals surface area contributed by atoms with Gasteiger partial charge in [0.25, 0.3) is 0 Å². The monoisotopic (exact) mass is 430 g/mol. The Morgan fingerprint density at radius 2 is 1.92 bits per heavy atom. The van der Waals surface area contributed by atoms with Crippen LogP contribution in [0.1, 0.15) is 27.3 Å². The number of aryl methyl sites for hydroxylation is 1. The number of benzene rings is 2. The Bertz CT molecular complexity index is 1020. The van der Waals surface area contributed by atoms with Gasteiger partial charge in [0.1, 0.15) is 0 Å². The standard InChI is InChI=1S/C20H16BrClN2O2/c1-12-9-14(11-23-19-6-4-3-5-17(19)21)13(2)24(12)15-7-8-18(22)16(10-15)20(25)26/h3-11H,1-2H3,(H,25,26). The molecule has 0 aliphatic rings. The zero-order valence-electron chi connectivity index (χ0n) is 14.2. The largest absolute Gasteiger partial charge is 0.478 e. The number of aliphatic imine (C=N–C) groups is 1. The topological polar surface area (TPSA) is 54.6 Å². The van der Waals surface area contributed by atoms with Crippen LogP contribution in [-0.4, -0.2) is 21.9 Å². The molecule has 2 aromatic carbocycles. The molecule has 6 heteroatoms. The second kappa shape index (κ2) is 7.48. The number of carbonyl (C=O) groups is 1. The predicted molar refractivity (Wildman–Crippen MR) is 109 cm³/mol. The number of aromatic nitrogens is 1. The van der Waals surface area contributed by atoms with E-state index in [1.807, 2.05) is 61.0 Å². The molecule has 3 aromatic rings. The van der Waals surface area contributed by atoms with Crippen LogP contribution in [0.15, 0.2) is 58.0 Å². The highest BCUT2D eigenvalue weighted by molar-refractivity contribution is 9.10. The molecule has 0 saturated carbocycles. The number of carboxylic acids is 1. The molecule has 0 fully saturated rings. The van der Waals surface area contributed by atoms with Gasteiger partial charge in [-0.05, 0) is 66.2 Å². The molecule has 1 aromatic heterocycles. The van der Waals surface area contributed by atoms with Gasteiger partial charge in [0.2, 0.25) is 0 Å². The zero-order chi connectivity index (χ0) is 18.8. The summed E-state index contributed by atoms with van der Waals surface area (Å²) in [5.41, 5.74) is 4.59.